The van der Waals surface area contributed by atoms with Crippen LogP contribution in [-0.4, -0.2) is 21.1 Å². The number of nitrogens with one attached hydrogen (secondary N) is 2. The zero-order chi connectivity index (χ0) is 24.6. The van der Waals surface area contributed by atoms with Crippen molar-refractivity contribution in [3.63, 3.8) is 0 Å². The van der Waals surface area contributed by atoms with Gasteiger partial charge in [0.25, 0.3) is 5.56 Å². The van der Waals surface area contributed by atoms with Gasteiger partial charge >= 0.3 is 0 Å². The van der Waals surface area contributed by atoms with Gasteiger partial charge in [0.15, 0.2) is 5.82 Å². The predicted molar refractivity (Wildman–Crippen MR) is 135 cm³/mol. The van der Waals surface area contributed by atoms with Crippen molar-refractivity contribution < 1.29 is 9.53 Å². The lowest BCUT2D eigenvalue weighted by Crippen LogP contribution is -2.28. The van der Waals surface area contributed by atoms with Crippen LogP contribution in [0.25, 0.3) is 11.4 Å². The van der Waals surface area contributed by atoms with Gasteiger partial charge in [0, 0.05) is 23.4 Å². The van der Waals surface area contributed by atoms with Gasteiger partial charge in [0.05, 0.1) is 6.04 Å². The van der Waals surface area contributed by atoms with Gasteiger partial charge < -0.3 is 15.0 Å². The molecule has 0 saturated heterocycles. The van der Waals surface area contributed by atoms with Crippen molar-refractivity contribution in [3.8, 4) is 17.1 Å². The second-order valence-electron chi connectivity index (χ2n) is 8.09. The van der Waals surface area contributed by atoms with Crippen molar-refractivity contribution in [2.24, 2.45) is 0 Å². The number of nitrogens with zero attached hydrogens (tertiary/aromatic N) is 2. The van der Waals surface area contributed by atoms with Crippen LogP contribution in [0.2, 0.25) is 5.02 Å². The summed E-state index contributed by atoms with van der Waals surface area (Å²) in [5.74, 6) is 0.874. The minimum atomic E-state index is -0.361. The molecule has 1 atom stereocenters. The number of benzene rings is 3. The highest BCUT2D eigenvalue weighted by Crippen LogP contribution is 2.20. The Balaban J connectivity index is 1.32. The Hall–Kier alpha value is -3.97. The number of hydrogen-bond donors (Lipinski definition) is 2. The Morgan fingerprint density at radius 3 is 2.51 bits per heavy atom. The number of H-pyrrole nitrogens is 1. The van der Waals surface area contributed by atoms with Crippen LogP contribution >= 0.6 is 11.6 Å². The molecule has 0 bridgehead atoms. The molecule has 0 spiro atoms. The minimum Gasteiger partial charge on any atom is -0.489 e. The third kappa shape index (κ3) is 6.77. The molecule has 1 unspecified atom stereocenters. The number of carbonyl (C=O) groups is 1. The summed E-state index contributed by atoms with van der Waals surface area (Å²) in [4.78, 5) is 27.6. The maximum atomic E-state index is 12.5. The second-order valence-corrected chi connectivity index (χ2v) is 8.53. The van der Waals surface area contributed by atoms with Crippen LogP contribution in [0, 0.1) is 0 Å². The molecule has 4 rings (SSSR count). The lowest BCUT2D eigenvalue weighted by atomic mass is 10.1. The molecule has 0 aliphatic rings. The molecular weight excluding hydrogens is 464 g/mol. The van der Waals surface area contributed by atoms with Crippen LogP contribution in [0.4, 0.5) is 0 Å². The zero-order valence-corrected chi connectivity index (χ0v) is 20.0. The van der Waals surface area contributed by atoms with Crippen LogP contribution < -0.4 is 15.6 Å². The van der Waals surface area contributed by atoms with E-state index in [9.17, 15) is 9.59 Å². The number of carbonyl (C=O) groups excluding carboxylic acids is 1. The number of aromatic amines is 1. The smallest absolute Gasteiger partial charge is 0.273 e. The molecule has 178 valence electrons. The number of amides is 1. The van der Waals surface area contributed by atoms with E-state index in [2.05, 4.69) is 20.5 Å². The van der Waals surface area contributed by atoms with Crippen molar-refractivity contribution in [1.29, 1.82) is 0 Å². The third-order valence-corrected chi connectivity index (χ3v) is 5.69. The van der Waals surface area contributed by atoms with Crippen molar-refractivity contribution in [2.45, 2.75) is 32.4 Å². The van der Waals surface area contributed by atoms with Crippen LogP contribution in [-0.2, 0) is 17.8 Å². The van der Waals surface area contributed by atoms with E-state index in [0.717, 1.165) is 11.1 Å². The van der Waals surface area contributed by atoms with Gasteiger partial charge in [0.2, 0.25) is 5.91 Å². The first-order chi connectivity index (χ1) is 17.0. The first-order valence-corrected chi connectivity index (χ1v) is 11.6. The highest BCUT2D eigenvalue weighted by Gasteiger charge is 2.12. The quantitative estimate of drug-likeness (QED) is 0.350. The number of halogens is 1. The van der Waals surface area contributed by atoms with E-state index < -0.39 is 0 Å². The molecule has 1 amide bonds. The van der Waals surface area contributed by atoms with Gasteiger partial charge in [-0.25, -0.2) is 0 Å². The standard InChI is InChI=1S/C27H25ClN4O3/c1-18(20-7-3-2-4-8-20)29-25(33)15-14-24-27(34)30-26(32-31-24)21-10-12-23(13-11-21)35-17-19-6-5-9-22(28)16-19/h2-13,16,18H,14-15,17H2,1H3,(H,29,33)(H,30,32,34). The molecule has 1 heterocycles. The molecule has 0 fully saturated rings. The average Bonchev–Trinajstić information content (AvgIpc) is 2.87. The molecule has 0 aliphatic heterocycles. The fourth-order valence-electron chi connectivity index (χ4n) is 3.53. The van der Waals surface area contributed by atoms with Crippen molar-refractivity contribution in [3.05, 3.63) is 111 Å². The summed E-state index contributed by atoms with van der Waals surface area (Å²) < 4.78 is 5.79. The van der Waals surface area contributed by atoms with Crippen LogP contribution in [0.3, 0.4) is 0 Å². The van der Waals surface area contributed by atoms with E-state index in [4.69, 9.17) is 16.3 Å². The fourth-order valence-corrected chi connectivity index (χ4v) is 3.74. The summed E-state index contributed by atoms with van der Waals surface area (Å²) in [5, 5.41) is 11.8. The topological polar surface area (TPSA) is 97.0 Å². The van der Waals surface area contributed by atoms with Gasteiger partial charge in [-0.05, 0) is 54.4 Å². The molecule has 2 N–H and O–H groups in total. The zero-order valence-electron chi connectivity index (χ0n) is 19.2. The van der Waals surface area contributed by atoms with E-state index in [1.165, 1.54) is 0 Å². The third-order valence-electron chi connectivity index (χ3n) is 5.45. The molecule has 35 heavy (non-hydrogen) atoms. The second kappa shape index (κ2) is 11.4. The molecule has 1 aromatic heterocycles. The molecule has 0 saturated carbocycles. The number of ether oxygens (including phenoxy) is 1. The number of rotatable bonds is 9. The lowest BCUT2D eigenvalue weighted by Gasteiger charge is -2.14. The molecule has 8 heteroatoms. The SMILES string of the molecule is CC(NC(=O)CCc1nnc(-c2ccc(OCc3cccc(Cl)c3)cc2)[nH]c1=O)c1ccccc1. The summed E-state index contributed by atoms with van der Waals surface area (Å²) in [6.07, 6.45) is 0.346. The normalized spacial score (nSPS) is 11.6. The van der Waals surface area contributed by atoms with E-state index >= 15 is 0 Å². The molecule has 7 nitrogen and oxygen atoms in total. The fraction of sp³-hybridized carbons (Fsp3) is 0.185. The minimum absolute atomic E-state index is 0.118. The van der Waals surface area contributed by atoms with Crippen LogP contribution in [0.15, 0.2) is 83.7 Å². The Morgan fingerprint density at radius 1 is 1.03 bits per heavy atom. The van der Waals surface area contributed by atoms with E-state index in [1.54, 1.807) is 24.3 Å². The summed E-state index contributed by atoms with van der Waals surface area (Å²) in [6, 6.07) is 24.2. The maximum Gasteiger partial charge on any atom is 0.273 e. The number of hydrogen-bond acceptors (Lipinski definition) is 5. The van der Waals surface area contributed by atoms with E-state index in [-0.39, 0.29) is 36.0 Å². The van der Waals surface area contributed by atoms with E-state index in [1.807, 2.05) is 61.5 Å². The first kappa shape index (κ1) is 24.2. The maximum absolute atomic E-state index is 12.5. The summed E-state index contributed by atoms with van der Waals surface area (Å²) >= 11 is 6.00. The van der Waals surface area contributed by atoms with Gasteiger partial charge in [0.1, 0.15) is 18.1 Å². The average molecular weight is 489 g/mol. The molecule has 4 aromatic rings. The first-order valence-electron chi connectivity index (χ1n) is 11.3. The largest absolute Gasteiger partial charge is 0.489 e. The van der Waals surface area contributed by atoms with Crippen molar-refractivity contribution in [1.82, 2.24) is 20.5 Å². The van der Waals surface area contributed by atoms with Gasteiger partial charge in [-0.1, -0.05) is 54.1 Å². The highest BCUT2D eigenvalue weighted by atomic mass is 35.5. The summed E-state index contributed by atoms with van der Waals surface area (Å²) in [7, 11) is 0. The Labute approximate surface area is 208 Å². The van der Waals surface area contributed by atoms with Gasteiger partial charge in [-0.3, -0.25) is 9.59 Å². The molecule has 0 radical (unpaired) electrons. The summed E-state index contributed by atoms with van der Waals surface area (Å²) in [5.41, 5.74) is 2.54. The molecule has 0 aliphatic carbocycles. The van der Waals surface area contributed by atoms with Gasteiger partial charge in [-0.15, -0.1) is 10.2 Å². The van der Waals surface area contributed by atoms with Crippen molar-refractivity contribution in [2.75, 3.05) is 0 Å². The van der Waals surface area contributed by atoms with Crippen molar-refractivity contribution >= 4 is 17.5 Å². The highest BCUT2D eigenvalue weighted by molar-refractivity contribution is 6.30. The van der Waals surface area contributed by atoms with Crippen LogP contribution in [0.1, 0.15) is 36.2 Å². The summed E-state index contributed by atoms with van der Waals surface area (Å²) in [6.45, 7) is 2.31. The molecular formula is C27H25ClN4O3. The van der Waals surface area contributed by atoms with Gasteiger partial charge in [-0.2, -0.15) is 0 Å². The Bertz CT molecular complexity index is 1340. The Morgan fingerprint density at radius 2 is 1.80 bits per heavy atom. The lowest BCUT2D eigenvalue weighted by molar-refractivity contribution is -0.121. The Kier molecular flexibility index (Phi) is 7.90. The van der Waals surface area contributed by atoms with E-state index in [0.29, 0.717) is 28.8 Å². The van der Waals surface area contributed by atoms with Crippen LogP contribution in [0.5, 0.6) is 5.75 Å². The number of aryl methyl sites for hydroxylation is 1. The number of aromatic nitrogens is 3. The monoisotopic (exact) mass is 488 g/mol. The molecule has 3 aromatic carbocycles. The predicted octanol–water partition coefficient (Wildman–Crippen LogP) is 4.87.